The second-order valence-electron chi connectivity index (χ2n) is 3.05. The number of rotatable bonds is 0. The Kier molecular flexibility index (Phi) is 1.88. The van der Waals surface area contributed by atoms with Crippen molar-refractivity contribution in [3.63, 3.8) is 0 Å². The molecule has 0 radical (unpaired) electrons. The van der Waals surface area contributed by atoms with Crippen LogP contribution in [0.3, 0.4) is 0 Å². The first-order chi connectivity index (χ1) is 6.20. The maximum Gasteiger partial charge on any atom is 0.127 e. The van der Waals surface area contributed by atoms with Crippen LogP contribution in [-0.4, -0.2) is 9.55 Å². The summed E-state index contributed by atoms with van der Waals surface area (Å²) in [5, 5.41) is 0. The lowest BCUT2D eigenvalue weighted by atomic mass is 10.3. The number of aryl methyl sites for hydroxylation is 2. The molecule has 2 nitrogen and oxygen atoms in total. The summed E-state index contributed by atoms with van der Waals surface area (Å²) in [7, 11) is 1.97. The summed E-state index contributed by atoms with van der Waals surface area (Å²) in [6.07, 6.45) is 0. The molecule has 3 heteroatoms. The first-order valence-corrected chi connectivity index (χ1v) is 4.53. The predicted octanol–water partition coefficient (Wildman–Crippen LogP) is 2.61. The number of aromatic nitrogens is 2. The molecule has 0 N–H and O–H groups in total. The minimum atomic E-state index is 0.804. The van der Waals surface area contributed by atoms with E-state index >= 15 is 0 Å². The first kappa shape index (κ1) is 8.38. The Morgan fingerprint density at radius 1 is 1.31 bits per heavy atom. The molecule has 2 aromatic rings. The van der Waals surface area contributed by atoms with Gasteiger partial charge in [0.2, 0.25) is 0 Å². The van der Waals surface area contributed by atoms with Crippen molar-refractivity contribution < 1.29 is 0 Å². The van der Waals surface area contributed by atoms with Crippen molar-refractivity contribution in [2.45, 2.75) is 6.92 Å². The second-order valence-corrected chi connectivity index (χ2v) is 3.44. The molecule has 1 aromatic heterocycles. The van der Waals surface area contributed by atoms with Gasteiger partial charge in [0.05, 0.1) is 16.7 Å². The maximum absolute atomic E-state index is 5.22. The molecule has 0 fully saturated rings. The summed E-state index contributed by atoms with van der Waals surface area (Å²) >= 11 is 5.22. The Bertz CT molecular complexity index is 514. The smallest absolute Gasteiger partial charge is 0.127 e. The van der Waals surface area contributed by atoms with Gasteiger partial charge in [0, 0.05) is 7.05 Å². The topological polar surface area (TPSA) is 17.8 Å². The molecule has 0 amide bonds. The van der Waals surface area contributed by atoms with Gasteiger partial charge in [-0.05, 0) is 19.1 Å². The van der Waals surface area contributed by atoms with Gasteiger partial charge < -0.3 is 4.57 Å². The Morgan fingerprint density at radius 3 is 2.77 bits per heavy atom. The summed E-state index contributed by atoms with van der Waals surface area (Å²) in [5.41, 5.74) is 2.99. The monoisotopic (exact) mass is 190 g/mol. The third kappa shape index (κ3) is 1.25. The molecule has 0 aliphatic heterocycles. The predicted molar refractivity (Wildman–Crippen MR) is 56.3 cm³/mol. The number of hydrogen-bond donors (Lipinski definition) is 0. The van der Waals surface area contributed by atoms with E-state index in [9.17, 15) is 0 Å². The lowest BCUT2D eigenvalue weighted by Gasteiger charge is -2.06. The van der Waals surface area contributed by atoms with Crippen LogP contribution < -0.4 is 0 Å². The number of nitrogens with zero attached hydrogens (tertiary/aromatic N) is 2. The average molecular weight is 190 g/mol. The van der Waals surface area contributed by atoms with E-state index in [1.54, 1.807) is 0 Å². The lowest BCUT2D eigenvalue weighted by molar-refractivity contribution is 0.903. The molecular weight excluding hydrogens is 180 g/mol. The Hall–Kier alpha value is -1.22. The first-order valence-electron chi connectivity index (χ1n) is 4.12. The highest BCUT2D eigenvalue weighted by molar-refractivity contribution is 7.71. The van der Waals surface area contributed by atoms with Crippen molar-refractivity contribution in [2.24, 2.45) is 7.05 Å². The van der Waals surface area contributed by atoms with Crippen LogP contribution in [0.5, 0.6) is 0 Å². The highest BCUT2D eigenvalue weighted by Crippen LogP contribution is 2.12. The maximum atomic E-state index is 5.22. The number of fused-ring (bicyclic) bond motifs is 1. The van der Waals surface area contributed by atoms with Crippen molar-refractivity contribution in [2.75, 3.05) is 0 Å². The molecule has 0 bridgehead atoms. The van der Waals surface area contributed by atoms with Crippen LogP contribution in [0.1, 0.15) is 5.69 Å². The van der Waals surface area contributed by atoms with Gasteiger partial charge in [-0.1, -0.05) is 24.4 Å². The molecule has 13 heavy (non-hydrogen) atoms. The van der Waals surface area contributed by atoms with Crippen molar-refractivity contribution >= 4 is 23.3 Å². The van der Waals surface area contributed by atoms with Gasteiger partial charge in [0.25, 0.3) is 0 Å². The van der Waals surface area contributed by atoms with Crippen LogP contribution in [0.4, 0.5) is 0 Å². The average Bonchev–Trinajstić information content (AvgIpc) is 2.15. The molecule has 1 aromatic carbocycles. The van der Waals surface area contributed by atoms with E-state index in [1.165, 1.54) is 0 Å². The standard InChI is InChI=1S/C10H10N2S/c1-7-10(13)12(2)9-6-4-3-5-8(9)11-7/h3-6H,1-2H3. The molecule has 66 valence electrons. The van der Waals surface area contributed by atoms with Crippen molar-refractivity contribution in [1.82, 2.24) is 9.55 Å². The fourth-order valence-corrected chi connectivity index (χ4v) is 1.57. The van der Waals surface area contributed by atoms with Gasteiger partial charge in [-0.15, -0.1) is 0 Å². The van der Waals surface area contributed by atoms with Gasteiger partial charge in [-0.2, -0.15) is 0 Å². The van der Waals surface area contributed by atoms with Crippen molar-refractivity contribution in [3.05, 3.63) is 34.6 Å². The van der Waals surface area contributed by atoms with Crippen LogP contribution >= 0.6 is 12.2 Å². The highest BCUT2D eigenvalue weighted by Gasteiger charge is 1.99. The van der Waals surface area contributed by atoms with Crippen LogP contribution in [0, 0.1) is 11.6 Å². The third-order valence-electron chi connectivity index (χ3n) is 2.15. The zero-order valence-electron chi connectivity index (χ0n) is 7.61. The van der Waals surface area contributed by atoms with Crippen molar-refractivity contribution in [3.8, 4) is 0 Å². The number of para-hydroxylation sites is 2. The van der Waals surface area contributed by atoms with Gasteiger partial charge in [-0.25, -0.2) is 4.98 Å². The van der Waals surface area contributed by atoms with E-state index in [4.69, 9.17) is 12.2 Å². The molecule has 1 heterocycles. The minimum Gasteiger partial charge on any atom is -0.332 e. The van der Waals surface area contributed by atoms with Crippen LogP contribution in [0.25, 0.3) is 11.0 Å². The van der Waals surface area contributed by atoms with Gasteiger partial charge >= 0.3 is 0 Å². The molecule has 0 atom stereocenters. The van der Waals surface area contributed by atoms with Gasteiger partial charge in [0.15, 0.2) is 0 Å². The minimum absolute atomic E-state index is 0.804. The molecular formula is C10H10N2S. The summed E-state index contributed by atoms with van der Waals surface area (Å²) in [4.78, 5) is 4.41. The zero-order chi connectivity index (χ0) is 9.42. The molecule has 0 aliphatic rings. The van der Waals surface area contributed by atoms with E-state index in [-0.39, 0.29) is 0 Å². The molecule has 0 unspecified atom stereocenters. The summed E-state index contributed by atoms with van der Waals surface area (Å²) in [6.45, 7) is 1.94. The van der Waals surface area contributed by atoms with E-state index in [0.29, 0.717) is 0 Å². The van der Waals surface area contributed by atoms with Gasteiger partial charge in [0.1, 0.15) is 4.64 Å². The lowest BCUT2D eigenvalue weighted by Crippen LogP contribution is -1.99. The summed E-state index contributed by atoms with van der Waals surface area (Å²) in [5.74, 6) is 0. The van der Waals surface area contributed by atoms with E-state index < -0.39 is 0 Å². The fraction of sp³-hybridized carbons (Fsp3) is 0.200. The fourth-order valence-electron chi connectivity index (χ4n) is 1.42. The largest absolute Gasteiger partial charge is 0.332 e. The normalized spacial score (nSPS) is 10.6. The van der Waals surface area contributed by atoms with Crippen LogP contribution in [0.2, 0.25) is 0 Å². The molecule has 0 saturated heterocycles. The zero-order valence-corrected chi connectivity index (χ0v) is 8.43. The van der Waals surface area contributed by atoms with E-state index in [2.05, 4.69) is 4.98 Å². The quantitative estimate of drug-likeness (QED) is 0.594. The summed E-state index contributed by atoms with van der Waals surface area (Å²) < 4.78 is 2.80. The SMILES string of the molecule is Cc1nc2ccccc2n(C)c1=S. The Balaban J connectivity index is 3.02. The number of hydrogen-bond acceptors (Lipinski definition) is 2. The molecule has 2 rings (SSSR count). The highest BCUT2D eigenvalue weighted by atomic mass is 32.1. The molecule has 0 spiro atoms. The van der Waals surface area contributed by atoms with Gasteiger partial charge in [-0.3, -0.25) is 0 Å². The van der Waals surface area contributed by atoms with Crippen molar-refractivity contribution in [1.29, 1.82) is 0 Å². The van der Waals surface area contributed by atoms with E-state index in [1.807, 2.05) is 42.8 Å². The molecule has 0 aliphatic carbocycles. The Morgan fingerprint density at radius 2 is 2.00 bits per heavy atom. The Labute approximate surface area is 81.9 Å². The summed E-state index contributed by atoms with van der Waals surface area (Å²) in [6, 6.07) is 8.00. The van der Waals surface area contributed by atoms with E-state index in [0.717, 1.165) is 21.4 Å². The molecule has 0 saturated carbocycles. The number of benzene rings is 1. The second kappa shape index (κ2) is 2.92. The third-order valence-corrected chi connectivity index (χ3v) is 2.71. The van der Waals surface area contributed by atoms with Crippen LogP contribution in [-0.2, 0) is 7.05 Å². The van der Waals surface area contributed by atoms with Crippen LogP contribution in [0.15, 0.2) is 24.3 Å².